The molecule has 304 valence electrons. The van der Waals surface area contributed by atoms with Crippen LogP contribution in [0.25, 0.3) is 11.1 Å². The number of amides is 1. The Morgan fingerprint density at radius 3 is 1.58 bits per heavy atom. The van der Waals surface area contributed by atoms with Crippen LogP contribution in [0.5, 0.6) is 0 Å². The molecule has 0 fully saturated rings. The van der Waals surface area contributed by atoms with Crippen LogP contribution in [0.15, 0.2) is 146 Å². The highest BCUT2D eigenvalue weighted by Crippen LogP contribution is 2.46. The summed E-state index contributed by atoms with van der Waals surface area (Å²) in [4.78, 5) is 31.6. The fourth-order valence-electron chi connectivity index (χ4n) is 9.80. The van der Waals surface area contributed by atoms with E-state index < -0.39 is 32.0 Å². The van der Waals surface area contributed by atoms with Gasteiger partial charge in [0, 0.05) is 18.5 Å². The molecule has 1 aliphatic rings. The lowest BCUT2D eigenvalue weighted by Crippen LogP contribution is -2.48. The molecule has 0 aliphatic heterocycles. The Hall–Kier alpha value is -5.77. The fourth-order valence-corrected chi connectivity index (χ4v) is 15.2. The van der Waals surface area contributed by atoms with E-state index in [9.17, 15) is 14.7 Å². The van der Waals surface area contributed by atoms with Gasteiger partial charge in [0.15, 0.2) is 0 Å². The first-order chi connectivity index (χ1) is 28.5. The van der Waals surface area contributed by atoms with Crippen molar-refractivity contribution < 1.29 is 23.9 Å². The van der Waals surface area contributed by atoms with Crippen molar-refractivity contribution in [3.05, 3.63) is 185 Å². The number of hydrogen-bond acceptors (Lipinski definition) is 5. The number of carboxylic acid groups (broad SMARTS) is 1. The number of rotatable bonds is 16. The molecule has 0 spiro atoms. The second kappa shape index (κ2) is 17.6. The molecule has 6 aromatic rings. The zero-order chi connectivity index (χ0) is 41.7. The summed E-state index contributed by atoms with van der Waals surface area (Å²) in [6, 6.07) is 45.9. The maximum absolute atomic E-state index is 13.5. The van der Waals surface area contributed by atoms with Gasteiger partial charge in [0.25, 0.3) is 0 Å². The lowest BCUT2D eigenvalue weighted by molar-refractivity contribution is -0.139. The van der Waals surface area contributed by atoms with Crippen LogP contribution < -0.4 is 5.32 Å². The van der Waals surface area contributed by atoms with Gasteiger partial charge in [-0.15, -0.1) is 0 Å². The van der Waals surface area contributed by atoms with Crippen LogP contribution in [0, 0.1) is 0 Å². The molecule has 1 amide bonds. The van der Waals surface area contributed by atoms with Gasteiger partial charge in [-0.05, 0) is 55.6 Å². The molecule has 1 heterocycles. The van der Waals surface area contributed by atoms with Crippen LogP contribution in [0.4, 0.5) is 4.79 Å². The van der Waals surface area contributed by atoms with Crippen molar-refractivity contribution in [2.24, 2.45) is 0 Å². The van der Waals surface area contributed by atoms with E-state index in [0.717, 1.165) is 38.9 Å². The second-order valence-electron chi connectivity index (χ2n) is 16.5. The van der Waals surface area contributed by atoms with Crippen molar-refractivity contribution in [3.63, 3.8) is 0 Å². The van der Waals surface area contributed by atoms with Gasteiger partial charge in [0.2, 0.25) is 8.32 Å². The van der Waals surface area contributed by atoms with E-state index >= 15 is 0 Å². The van der Waals surface area contributed by atoms with Crippen LogP contribution in [0.3, 0.4) is 0 Å². The van der Waals surface area contributed by atoms with Gasteiger partial charge in [0.1, 0.15) is 24.0 Å². The minimum atomic E-state index is -2.38. The summed E-state index contributed by atoms with van der Waals surface area (Å²) in [6.45, 7) is 13.9. The summed E-state index contributed by atoms with van der Waals surface area (Å²) >= 11 is 0. The lowest BCUT2D eigenvalue weighted by Gasteiger charge is -2.43. The first-order valence-electron chi connectivity index (χ1n) is 20.7. The average molecular weight is 806 g/mol. The molecule has 7 rings (SSSR count). The molecule has 0 radical (unpaired) electrons. The summed E-state index contributed by atoms with van der Waals surface area (Å²) in [6.07, 6.45) is 1.08. The maximum atomic E-state index is 13.5. The number of carboxylic acids is 1. The number of nitrogens with zero attached hydrogens (tertiary/aromatic N) is 2. The number of carbonyl (C=O) groups is 2. The van der Waals surface area contributed by atoms with Gasteiger partial charge in [-0.25, -0.2) is 14.6 Å². The summed E-state index contributed by atoms with van der Waals surface area (Å²) in [5.41, 5.74) is 8.02. The zero-order valence-corrected chi connectivity index (χ0v) is 35.8. The number of aromatic nitrogens is 2. The minimum absolute atomic E-state index is 0.0727. The molecule has 59 heavy (non-hydrogen) atoms. The van der Waals surface area contributed by atoms with Gasteiger partial charge in [-0.3, -0.25) is 0 Å². The minimum Gasteiger partial charge on any atom is -0.480 e. The summed E-state index contributed by atoms with van der Waals surface area (Å²) < 4.78 is 15.2. The van der Waals surface area contributed by atoms with Crippen LogP contribution in [-0.2, 0) is 32.5 Å². The first-order valence-corrected chi connectivity index (χ1v) is 22.8. The molecule has 0 unspecified atom stereocenters. The molecular formula is C50H55N3O5Si. The highest BCUT2D eigenvalue weighted by atomic mass is 28.4. The molecule has 0 saturated carbocycles. The molecule has 1 aromatic heterocycles. The standard InChI is InChI=1S/C50H55N3O5Si/c1-34(2)59(35(3)4,36(5)6)58-33-47-51-40(31-53(47)50(37-20-10-7-11-21-37,38-22-12-8-13-23-38)39-24-14-9-15-25-39)30-46(48(54)55)52-49(56)57-32-45-43-28-18-16-26-41(43)42-27-17-19-29-44(42)45/h7-29,31,34-36,45-46H,30,32-33H2,1-6H3,(H,52,56)(H,54,55)/t46-/m0/s1. The largest absolute Gasteiger partial charge is 0.480 e. The Kier molecular flexibility index (Phi) is 12.4. The monoisotopic (exact) mass is 805 g/mol. The van der Waals surface area contributed by atoms with Crippen LogP contribution in [0.2, 0.25) is 16.6 Å². The highest BCUT2D eigenvalue weighted by molar-refractivity contribution is 6.77. The quantitative estimate of drug-likeness (QED) is 0.0746. The Bertz CT molecular complexity index is 2200. The smallest absolute Gasteiger partial charge is 0.407 e. The molecule has 5 aromatic carbocycles. The van der Waals surface area contributed by atoms with Crippen molar-refractivity contribution in [3.8, 4) is 11.1 Å². The predicted octanol–water partition coefficient (Wildman–Crippen LogP) is 10.9. The molecule has 1 aliphatic carbocycles. The maximum Gasteiger partial charge on any atom is 0.407 e. The molecule has 0 bridgehead atoms. The molecule has 1 atom stereocenters. The topological polar surface area (TPSA) is 103 Å². The van der Waals surface area contributed by atoms with Crippen LogP contribution >= 0.6 is 0 Å². The first kappa shape index (κ1) is 41.4. The van der Waals surface area contributed by atoms with E-state index in [1.807, 2.05) is 85.1 Å². The van der Waals surface area contributed by atoms with Gasteiger partial charge >= 0.3 is 12.1 Å². The second-order valence-corrected chi connectivity index (χ2v) is 22.0. The van der Waals surface area contributed by atoms with Crippen molar-refractivity contribution in [1.29, 1.82) is 0 Å². The number of hydrogen-bond donors (Lipinski definition) is 2. The number of alkyl carbamates (subject to hydrolysis) is 1. The van der Waals surface area contributed by atoms with E-state index in [4.69, 9.17) is 14.1 Å². The number of ether oxygens (including phenoxy) is 1. The zero-order valence-electron chi connectivity index (χ0n) is 34.8. The lowest BCUT2D eigenvalue weighted by atomic mass is 9.76. The third kappa shape index (κ3) is 7.89. The normalized spacial score (nSPS) is 13.4. The number of aliphatic carboxylic acids is 1. The van der Waals surface area contributed by atoms with Crippen molar-refractivity contribution in [2.45, 2.75) is 88.7 Å². The molecule has 0 saturated heterocycles. The fraction of sp³-hybridized carbons (Fsp3) is 0.300. The van der Waals surface area contributed by atoms with E-state index in [1.54, 1.807) is 0 Å². The van der Waals surface area contributed by atoms with Crippen molar-refractivity contribution >= 4 is 20.4 Å². The Morgan fingerprint density at radius 1 is 0.695 bits per heavy atom. The Balaban J connectivity index is 1.27. The third-order valence-corrected chi connectivity index (χ3v) is 18.3. The Morgan fingerprint density at radius 2 is 1.14 bits per heavy atom. The SMILES string of the molecule is CC(C)[Si](OCc1nc(C[C@H](NC(=O)OCC2c3ccccc3-c3ccccc32)C(=O)O)cn1C(c1ccccc1)(c1ccccc1)c1ccccc1)(C(C)C)C(C)C. The molecular weight excluding hydrogens is 751 g/mol. The Labute approximate surface area is 349 Å². The van der Waals surface area contributed by atoms with Gasteiger partial charge in [-0.1, -0.05) is 181 Å². The number of carbonyl (C=O) groups excluding carboxylic acids is 1. The van der Waals surface area contributed by atoms with Gasteiger partial charge in [0.05, 0.1) is 12.3 Å². The molecule has 2 N–H and O–H groups in total. The van der Waals surface area contributed by atoms with Crippen LogP contribution in [0.1, 0.15) is 86.8 Å². The predicted molar refractivity (Wildman–Crippen MR) is 236 cm³/mol. The van der Waals surface area contributed by atoms with Gasteiger partial charge in [-0.2, -0.15) is 0 Å². The number of fused-ring (bicyclic) bond motifs is 3. The average Bonchev–Trinajstić information content (AvgIpc) is 3.79. The van der Waals surface area contributed by atoms with Crippen LogP contribution in [-0.4, -0.2) is 47.7 Å². The van der Waals surface area contributed by atoms with E-state index in [2.05, 4.69) is 112 Å². The van der Waals surface area contributed by atoms with Crippen molar-refractivity contribution in [1.82, 2.24) is 14.9 Å². The third-order valence-electron chi connectivity index (χ3n) is 12.3. The summed E-state index contributed by atoms with van der Waals surface area (Å²) in [5.74, 6) is -0.673. The highest BCUT2D eigenvalue weighted by Gasteiger charge is 2.46. The number of imidazole rings is 1. The number of nitrogens with one attached hydrogen (secondary N) is 1. The van der Waals surface area contributed by atoms with Crippen molar-refractivity contribution in [2.75, 3.05) is 6.61 Å². The van der Waals surface area contributed by atoms with E-state index in [-0.39, 0.29) is 25.6 Å². The number of benzene rings is 5. The summed E-state index contributed by atoms with van der Waals surface area (Å²) in [5, 5.41) is 13.2. The molecule has 8 nitrogen and oxygen atoms in total. The van der Waals surface area contributed by atoms with E-state index in [0.29, 0.717) is 28.1 Å². The van der Waals surface area contributed by atoms with E-state index in [1.165, 1.54) is 0 Å². The molecule has 9 heteroatoms. The summed E-state index contributed by atoms with van der Waals surface area (Å²) in [7, 11) is -2.38. The van der Waals surface area contributed by atoms with Gasteiger partial charge < -0.3 is 24.2 Å².